The second-order valence-electron chi connectivity index (χ2n) is 3.34. The van der Waals surface area contributed by atoms with Crippen molar-refractivity contribution in [3.8, 4) is 0 Å². The molecule has 1 heterocycles. The first kappa shape index (κ1) is 8.02. The fourth-order valence-electron chi connectivity index (χ4n) is 1.54. The van der Waals surface area contributed by atoms with E-state index in [4.69, 9.17) is 5.73 Å². The molecule has 0 radical (unpaired) electrons. The van der Waals surface area contributed by atoms with Gasteiger partial charge in [-0.05, 0) is 38.4 Å². The molecule has 0 spiro atoms. The van der Waals surface area contributed by atoms with Crippen LogP contribution in [0, 0.1) is 5.92 Å². The van der Waals surface area contributed by atoms with Crippen molar-refractivity contribution in [2.24, 2.45) is 11.7 Å². The Bertz CT molecular complexity index is 93.3. The molecule has 0 aromatic carbocycles. The Labute approximate surface area is 63.4 Å². The fraction of sp³-hybridized carbons (Fsp3) is 1.00. The van der Waals surface area contributed by atoms with Gasteiger partial charge in [-0.15, -0.1) is 0 Å². The summed E-state index contributed by atoms with van der Waals surface area (Å²) in [5.41, 5.74) is 5.41. The summed E-state index contributed by atoms with van der Waals surface area (Å²) in [7, 11) is 0. The van der Waals surface area contributed by atoms with Crippen molar-refractivity contribution in [2.45, 2.75) is 19.8 Å². The highest BCUT2D eigenvalue weighted by atomic mass is 15.1. The SMILES string of the molecule is C[C@@H]1CCN(CCCN)C1. The second-order valence-corrected chi connectivity index (χ2v) is 3.34. The van der Waals surface area contributed by atoms with E-state index in [-0.39, 0.29) is 0 Å². The third kappa shape index (κ3) is 2.27. The molecule has 0 aromatic rings. The lowest BCUT2D eigenvalue weighted by molar-refractivity contribution is 0.325. The van der Waals surface area contributed by atoms with Crippen molar-refractivity contribution >= 4 is 0 Å². The molecule has 2 heteroatoms. The molecular weight excluding hydrogens is 124 g/mol. The lowest BCUT2D eigenvalue weighted by atomic mass is 10.2. The van der Waals surface area contributed by atoms with Crippen molar-refractivity contribution in [2.75, 3.05) is 26.2 Å². The van der Waals surface area contributed by atoms with Crippen LogP contribution < -0.4 is 5.73 Å². The molecule has 1 fully saturated rings. The molecule has 1 aliphatic heterocycles. The predicted molar refractivity (Wildman–Crippen MR) is 43.9 cm³/mol. The number of nitrogens with two attached hydrogens (primary N) is 1. The molecule has 1 aliphatic rings. The third-order valence-electron chi connectivity index (χ3n) is 2.19. The normalized spacial score (nSPS) is 27.6. The van der Waals surface area contributed by atoms with Crippen molar-refractivity contribution < 1.29 is 0 Å². The Morgan fingerprint density at radius 2 is 2.40 bits per heavy atom. The summed E-state index contributed by atoms with van der Waals surface area (Å²) in [4.78, 5) is 2.51. The highest BCUT2D eigenvalue weighted by molar-refractivity contribution is 4.71. The predicted octanol–water partition coefficient (Wildman–Crippen LogP) is 0.677. The maximum atomic E-state index is 5.41. The monoisotopic (exact) mass is 142 g/mol. The first-order chi connectivity index (χ1) is 4.83. The van der Waals surface area contributed by atoms with Gasteiger partial charge in [0.1, 0.15) is 0 Å². The summed E-state index contributed by atoms with van der Waals surface area (Å²) in [6, 6.07) is 0. The van der Waals surface area contributed by atoms with Gasteiger partial charge in [-0.1, -0.05) is 6.92 Å². The van der Waals surface area contributed by atoms with Gasteiger partial charge < -0.3 is 10.6 Å². The standard InChI is InChI=1S/C8H18N2/c1-8-3-6-10(7-8)5-2-4-9/h8H,2-7,9H2,1H3/t8-/m1/s1. The van der Waals surface area contributed by atoms with Gasteiger partial charge in [0.25, 0.3) is 0 Å². The first-order valence-corrected chi connectivity index (χ1v) is 4.25. The van der Waals surface area contributed by atoms with E-state index in [0.717, 1.165) is 18.9 Å². The fourth-order valence-corrected chi connectivity index (χ4v) is 1.54. The number of hydrogen-bond acceptors (Lipinski definition) is 2. The van der Waals surface area contributed by atoms with Crippen LogP contribution in [0.5, 0.6) is 0 Å². The molecule has 0 aliphatic carbocycles. The van der Waals surface area contributed by atoms with Crippen LogP contribution in [0.25, 0.3) is 0 Å². The molecule has 0 saturated carbocycles. The van der Waals surface area contributed by atoms with Crippen molar-refractivity contribution in [1.82, 2.24) is 4.90 Å². The van der Waals surface area contributed by atoms with Crippen LogP contribution in [0.3, 0.4) is 0 Å². The average molecular weight is 142 g/mol. The van der Waals surface area contributed by atoms with Crippen molar-refractivity contribution in [1.29, 1.82) is 0 Å². The smallest absolute Gasteiger partial charge is 0.000750 e. The molecule has 0 unspecified atom stereocenters. The van der Waals surface area contributed by atoms with Crippen LogP contribution in [-0.2, 0) is 0 Å². The summed E-state index contributed by atoms with van der Waals surface area (Å²) in [6.45, 7) is 6.95. The van der Waals surface area contributed by atoms with E-state index in [9.17, 15) is 0 Å². The van der Waals surface area contributed by atoms with E-state index >= 15 is 0 Å². The highest BCUT2D eigenvalue weighted by Crippen LogP contribution is 2.14. The van der Waals surface area contributed by atoms with Crippen LogP contribution in [0.2, 0.25) is 0 Å². The summed E-state index contributed by atoms with van der Waals surface area (Å²) >= 11 is 0. The molecular formula is C8H18N2. The molecule has 2 nitrogen and oxygen atoms in total. The summed E-state index contributed by atoms with van der Waals surface area (Å²) in [5, 5.41) is 0. The van der Waals surface area contributed by atoms with Crippen LogP contribution in [0.1, 0.15) is 19.8 Å². The number of rotatable bonds is 3. The third-order valence-corrected chi connectivity index (χ3v) is 2.19. The van der Waals surface area contributed by atoms with Gasteiger partial charge in [-0.3, -0.25) is 0 Å². The molecule has 0 aromatic heterocycles. The zero-order chi connectivity index (χ0) is 7.40. The van der Waals surface area contributed by atoms with Gasteiger partial charge in [0.05, 0.1) is 0 Å². The Morgan fingerprint density at radius 3 is 2.90 bits per heavy atom. The minimum atomic E-state index is 0.838. The number of likely N-dealkylation sites (tertiary alicyclic amines) is 1. The summed E-state index contributed by atoms with van der Waals surface area (Å²) < 4.78 is 0. The van der Waals surface area contributed by atoms with Gasteiger partial charge in [-0.2, -0.15) is 0 Å². The van der Waals surface area contributed by atoms with Crippen LogP contribution >= 0.6 is 0 Å². The zero-order valence-corrected chi connectivity index (χ0v) is 6.84. The largest absolute Gasteiger partial charge is 0.330 e. The lowest BCUT2D eigenvalue weighted by Gasteiger charge is -2.13. The van der Waals surface area contributed by atoms with E-state index in [2.05, 4.69) is 11.8 Å². The molecule has 1 atom stereocenters. The topological polar surface area (TPSA) is 29.3 Å². The molecule has 0 bridgehead atoms. The van der Waals surface area contributed by atoms with Gasteiger partial charge in [0.2, 0.25) is 0 Å². The lowest BCUT2D eigenvalue weighted by Crippen LogP contribution is -2.23. The average Bonchev–Trinajstić information content (AvgIpc) is 2.31. The van der Waals surface area contributed by atoms with Gasteiger partial charge in [0, 0.05) is 6.54 Å². The quantitative estimate of drug-likeness (QED) is 0.628. The maximum Gasteiger partial charge on any atom is 0.000750 e. The Hall–Kier alpha value is -0.0800. The Balaban J connectivity index is 2.06. The number of nitrogens with zero attached hydrogens (tertiary/aromatic N) is 1. The minimum absolute atomic E-state index is 0.838. The summed E-state index contributed by atoms with van der Waals surface area (Å²) in [6.07, 6.45) is 2.54. The van der Waals surface area contributed by atoms with Gasteiger partial charge >= 0.3 is 0 Å². The molecule has 2 N–H and O–H groups in total. The molecule has 10 heavy (non-hydrogen) atoms. The van der Waals surface area contributed by atoms with E-state index in [0.29, 0.717) is 0 Å². The zero-order valence-electron chi connectivity index (χ0n) is 6.84. The highest BCUT2D eigenvalue weighted by Gasteiger charge is 2.16. The second kappa shape index (κ2) is 3.94. The maximum absolute atomic E-state index is 5.41. The van der Waals surface area contributed by atoms with Crippen LogP contribution in [0.15, 0.2) is 0 Å². The van der Waals surface area contributed by atoms with E-state index in [1.807, 2.05) is 0 Å². The molecule has 60 valence electrons. The molecule has 1 saturated heterocycles. The minimum Gasteiger partial charge on any atom is -0.330 e. The Kier molecular flexibility index (Phi) is 3.16. The molecule has 1 rings (SSSR count). The van der Waals surface area contributed by atoms with Crippen molar-refractivity contribution in [3.63, 3.8) is 0 Å². The van der Waals surface area contributed by atoms with Crippen LogP contribution in [0.4, 0.5) is 0 Å². The van der Waals surface area contributed by atoms with Crippen molar-refractivity contribution in [3.05, 3.63) is 0 Å². The summed E-state index contributed by atoms with van der Waals surface area (Å²) in [5.74, 6) is 0.915. The van der Waals surface area contributed by atoms with Crippen LogP contribution in [-0.4, -0.2) is 31.1 Å². The number of hydrogen-bond donors (Lipinski definition) is 1. The van der Waals surface area contributed by atoms with E-state index in [1.165, 1.54) is 26.1 Å². The van der Waals surface area contributed by atoms with E-state index in [1.54, 1.807) is 0 Å². The first-order valence-electron chi connectivity index (χ1n) is 4.25. The molecule has 0 amide bonds. The van der Waals surface area contributed by atoms with E-state index < -0.39 is 0 Å². The van der Waals surface area contributed by atoms with Gasteiger partial charge in [-0.25, -0.2) is 0 Å². The van der Waals surface area contributed by atoms with Gasteiger partial charge in [0.15, 0.2) is 0 Å². The Morgan fingerprint density at radius 1 is 1.60 bits per heavy atom.